The van der Waals surface area contributed by atoms with Gasteiger partial charge in [-0.15, -0.1) is 11.3 Å². The lowest BCUT2D eigenvalue weighted by Gasteiger charge is -2.36. The van der Waals surface area contributed by atoms with Crippen LogP contribution in [-0.4, -0.2) is 23.7 Å². The molecule has 0 saturated carbocycles. The van der Waals surface area contributed by atoms with Gasteiger partial charge in [0.05, 0.1) is 20.9 Å². The number of nitrogens with two attached hydrogens (primary N) is 4. The van der Waals surface area contributed by atoms with E-state index in [0.717, 1.165) is 22.6 Å². The average Bonchev–Trinajstić information content (AvgIpc) is 3.11. The molecular formula is C23H33N5O2S. The molecule has 1 aromatic carbocycles. The third-order valence-electron chi connectivity index (χ3n) is 5.86. The van der Waals surface area contributed by atoms with Crippen molar-refractivity contribution < 1.29 is 9.59 Å². The first-order chi connectivity index (χ1) is 14.7. The van der Waals surface area contributed by atoms with Crippen LogP contribution >= 0.6 is 11.3 Å². The van der Waals surface area contributed by atoms with Crippen molar-refractivity contribution >= 4 is 28.0 Å². The number of primary amides is 1. The number of carbonyl (C=O) groups excluding carboxylic acids is 2. The normalized spacial score (nSPS) is 18.4. The van der Waals surface area contributed by atoms with E-state index in [2.05, 4.69) is 0 Å². The van der Waals surface area contributed by atoms with Gasteiger partial charge in [0.25, 0.3) is 5.91 Å². The summed E-state index contributed by atoms with van der Waals surface area (Å²) in [7, 11) is 1.73. The zero-order chi connectivity index (χ0) is 23.3. The van der Waals surface area contributed by atoms with Gasteiger partial charge < -0.3 is 22.2 Å². The summed E-state index contributed by atoms with van der Waals surface area (Å²) in [6.45, 7) is 5.85. The van der Waals surface area contributed by atoms with Crippen LogP contribution in [0.5, 0.6) is 0 Å². The first-order valence-corrected chi connectivity index (χ1v) is 11.3. The fraction of sp³-hybridized carbons (Fsp3) is 0.391. The SMILES string of the molecule is C/C(=C(/N)CCC1(c2ccccc2)CCc2c(sc(N)c2C(N)=O)C1=O)N(C)N.CC. The topological polar surface area (TPSA) is 141 Å². The lowest BCUT2D eigenvalue weighted by molar-refractivity contribution is 0.0854. The Hall–Kier alpha value is -2.84. The minimum atomic E-state index is -0.738. The third-order valence-corrected chi connectivity index (χ3v) is 6.92. The maximum atomic E-state index is 13.8. The Balaban J connectivity index is 0.00000166. The van der Waals surface area contributed by atoms with Crippen molar-refractivity contribution in [1.82, 2.24) is 5.01 Å². The minimum absolute atomic E-state index is 0.0271. The van der Waals surface area contributed by atoms with Crippen LogP contribution in [0.2, 0.25) is 0 Å². The molecule has 1 atom stereocenters. The standard InChI is InChI=1S/C21H27N5O2S.C2H6/c1-12(26(2)25)15(22)9-11-21(13-6-4-3-5-7-13)10-8-14-16(19(23)28)20(24)29-17(14)18(21)27;1-2/h3-7H,8-11,22,24-25H2,1-2H3,(H2,23,28);1-2H3/b15-12-;. The van der Waals surface area contributed by atoms with Crippen molar-refractivity contribution in [1.29, 1.82) is 0 Å². The van der Waals surface area contributed by atoms with Crippen LogP contribution in [0.15, 0.2) is 41.7 Å². The molecule has 0 fully saturated rings. The summed E-state index contributed by atoms with van der Waals surface area (Å²) in [5.74, 6) is 5.18. The van der Waals surface area contributed by atoms with E-state index in [1.807, 2.05) is 51.1 Å². The van der Waals surface area contributed by atoms with Crippen LogP contribution < -0.4 is 23.0 Å². The average molecular weight is 444 g/mol. The quantitative estimate of drug-likeness (QED) is 0.399. The Kier molecular flexibility index (Phi) is 7.86. The third kappa shape index (κ3) is 4.60. The van der Waals surface area contributed by atoms with E-state index in [0.29, 0.717) is 52.4 Å². The molecule has 8 heteroatoms. The van der Waals surface area contributed by atoms with Crippen molar-refractivity contribution in [3.05, 3.63) is 63.3 Å². The van der Waals surface area contributed by atoms with Crippen molar-refractivity contribution in [2.24, 2.45) is 17.3 Å². The Morgan fingerprint density at radius 2 is 1.81 bits per heavy atom. The maximum absolute atomic E-state index is 13.8. The van der Waals surface area contributed by atoms with Gasteiger partial charge in [0.2, 0.25) is 0 Å². The van der Waals surface area contributed by atoms with Crippen molar-refractivity contribution in [2.75, 3.05) is 12.8 Å². The van der Waals surface area contributed by atoms with Crippen molar-refractivity contribution in [3.63, 3.8) is 0 Å². The van der Waals surface area contributed by atoms with Gasteiger partial charge in [0.15, 0.2) is 5.78 Å². The molecule has 8 N–H and O–H groups in total. The highest BCUT2D eigenvalue weighted by atomic mass is 32.1. The molecule has 0 spiro atoms. The van der Waals surface area contributed by atoms with Crippen LogP contribution in [0.1, 0.15) is 71.2 Å². The number of rotatable bonds is 6. The molecular weight excluding hydrogens is 410 g/mol. The van der Waals surface area contributed by atoms with Crippen LogP contribution in [0.25, 0.3) is 0 Å². The predicted octanol–water partition coefficient (Wildman–Crippen LogP) is 3.30. The molecule has 0 saturated heterocycles. The fourth-order valence-electron chi connectivity index (χ4n) is 4.02. The zero-order valence-corrected chi connectivity index (χ0v) is 19.5. The largest absolute Gasteiger partial charge is 0.401 e. The highest BCUT2D eigenvalue weighted by Gasteiger charge is 2.46. The van der Waals surface area contributed by atoms with Gasteiger partial charge in [-0.3, -0.25) is 9.59 Å². The van der Waals surface area contributed by atoms with E-state index < -0.39 is 11.3 Å². The van der Waals surface area contributed by atoms with E-state index in [4.69, 9.17) is 23.0 Å². The number of fused-ring (bicyclic) bond motifs is 1. The highest BCUT2D eigenvalue weighted by molar-refractivity contribution is 7.18. The number of ketones is 1. The van der Waals surface area contributed by atoms with Gasteiger partial charge in [0.1, 0.15) is 0 Å². The van der Waals surface area contributed by atoms with Crippen molar-refractivity contribution in [3.8, 4) is 0 Å². The number of thiophene rings is 1. The van der Waals surface area contributed by atoms with E-state index >= 15 is 0 Å². The number of hydrogen-bond donors (Lipinski definition) is 4. The molecule has 1 heterocycles. The van der Waals surface area contributed by atoms with E-state index in [9.17, 15) is 9.59 Å². The summed E-state index contributed by atoms with van der Waals surface area (Å²) in [5, 5.41) is 1.78. The smallest absolute Gasteiger partial charge is 0.251 e. The molecule has 0 bridgehead atoms. The van der Waals surface area contributed by atoms with Crippen LogP contribution in [-0.2, 0) is 11.8 Å². The Morgan fingerprint density at radius 1 is 1.19 bits per heavy atom. The Labute approximate surface area is 188 Å². The number of Topliss-reactive ketones (excluding diaryl/α,β-unsaturated/α-hetero) is 1. The zero-order valence-electron chi connectivity index (χ0n) is 18.7. The monoisotopic (exact) mass is 443 g/mol. The molecule has 3 rings (SSSR count). The number of nitrogens with zero attached hydrogens (tertiary/aromatic N) is 1. The lowest BCUT2D eigenvalue weighted by Crippen LogP contribution is -2.40. The van der Waals surface area contributed by atoms with Gasteiger partial charge >= 0.3 is 0 Å². The minimum Gasteiger partial charge on any atom is -0.401 e. The second-order valence-corrected chi connectivity index (χ2v) is 8.56. The van der Waals surface area contributed by atoms with Gasteiger partial charge in [-0.1, -0.05) is 44.2 Å². The number of anilines is 1. The van der Waals surface area contributed by atoms with Crippen LogP contribution in [0.3, 0.4) is 0 Å². The molecule has 1 amide bonds. The van der Waals surface area contributed by atoms with E-state index in [1.54, 1.807) is 7.05 Å². The summed E-state index contributed by atoms with van der Waals surface area (Å²) >= 11 is 1.15. The number of carbonyl (C=O) groups is 2. The first kappa shape index (κ1) is 24.4. The summed E-state index contributed by atoms with van der Waals surface area (Å²) in [5.41, 5.74) is 20.4. The van der Waals surface area contributed by atoms with Crippen LogP contribution in [0, 0.1) is 0 Å². The van der Waals surface area contributed by atoms with Crippen LogP contribution in [0.4, 0.5) is 5.00 Å². The van der Waals surface area contributed by atoms with Crippen molar-refractivity contribution in [2.45, 2.75) is 51.9 Å². The Bertz CT molecular complexity index is 981. The number of nitrogen functional groups attached to an aromatic ring is 1. The second kappa shape index (κ2) is 9.98. The summed E-state index contributed by atoms with van der Waals surface area (Å²) < 4.78 is 0. The molecule has 1 aliphatic carbocycles. The summed E-state index contributed by atoms with van der Waals surface area (Å²) in [4.78, 5) is 26.1. The van der Waals surface area contributed by atoms with E-state index in [-0.39, 0.29) is 5.78 Å². The molecule has 0 aliphatic heterocycles. The molecule has 2 aromatic rings. The summed E-state index contributed by atoms with van der Waals surface area (Å²) in [6.07, 6.45) is 2.17. The second-order valence-electron chi connectivity index (χ2n) is 7.51. The number of hydrogen-bond acceptors (Lipinski definition) is 7. The maximum Gasteiger partial charge on any atom is 0.251 e. The van der Waals surface area contributed by atoms with Gasteiger partial charge in [-0.2, -0.15) is 0 Å². The fourth-order valence-corrected chi connectivity index (χ4v) is 5.18. The molecule has 1 aromatic heterocycles. The number of amides is 1. The first-order valence-electron chi connectivity index (χ1n) is 10.4. The van der Waals surface area contributed by atoms with Gasteiger partial charge in [0, 0.05) is 18.4 Å². The molecule has 1 aliphatic rings. The van der Waals surface area contributed by atoms with E-state index in [1.165, 1.54) is 5.01 Å². The molecule has 31 heavy (non-hydrogen) atoms. The van der Waals surface area contributed by atoms with Gasteiger partial charge in [-0.25, -0.2) is 5.84 Å². The number of allylic oxidation sites excluding steroid dienone is 2. The molecule has 7 nitrogen and oxygen atoms in total. The highest BCUT2D eigenvalue weighted by Crippen LogP contribution is 2.47. The molecule has 1 unspecified atom stereocenters. The van der Waals surface area contributed by atoms with Gasteiger partial charge in [-0.05, 0) is 43.7 Å². The predicted molar refractivity (Wildman–Crippen MR) is 127 cm³/mol. The number of hydrazine groups is 1. The lowest BCUT2D eigenvalue weighted by atomic mass is 9.65. The molecule has 168 valence electrons. The summed E-state index contributed by atoms with van der Waals surface area (Å²) in [6, 6.07) is 9.71. The Morgan fingerprint density at radius 3 is 2.35 bits per heavy atom. The number of benzene rings is 1. The molecule has 0 radical (unpaired) electrons.